The SMILES string of the molecule is O=C1Nc2ncc(Br)cc2C1=C(c1cc(Cl)cc(Cl)c1)c1ccc[nH]1. The molecular formula is C18H10BrCl2N3O. The number of aromatic nitrogens is 2. The van der Waals surface area contributed by atoms with Gasteiger partial charge in [-0.15, -0.1) is 0 Å². The Bertz CT molecular complexity index is 1010. The molecule has 0 unspecified atom stereocenters. The number of anilines is 1. The van der Waals surface area contributed by atoms with Crippen molar-refractivity contribution in [1.29, 1.82) is 0 Å². The molecule has 1 amide bonds. The number of carbonyl (C=O) groups is 1. The Morgan fingerprint density at radius 1 is 1.12 bits per heavy atom. The smallest absolute Gasteiger partial charge is 0.258 e. The molecule has 0 saturated carbocycles. The van der Waals surface area contributed by atoms with Gasteiger partial charge in [-0.05, 0) is 57.9 Å². The largest absolute Gasteiger partial charge is 0.361 e. The van der Waals surface area contributed by atoms with Crippen LogP contribution in [0.25, 0.3) is 11.1 Å². The van der Waals surface area contributed by atoms with E-state index in [1.165, 1.54) is 0 Å². The molecule has 0 radical (unpaired) electrons. The van der Waals surface area contributed by atoms with Crippen LogP contribution in [-0.4, -0.2) is 15.9 Å². The van der Waals surface area contributed by atoms with E-state index in [9.17, 15) is 4.79 Å². The number of H-pyrrole nitrogens is 1. The summed E-state index contributed by atoms with van der Waals surface area (Å²) < 4.78 is 0.787. The van der Waals surface area contributed by atoms with Crippen LogP contribution in [0.2, 0.25) is 10.0 Å². The molecule has 0 atom stereocenters. The molecule has 4 nitrogen and oxygen atoms in total. The van der Waals surface area contributed by atoms with Crippen molar-refractivity contribution in [2.24, 2.45) is 0 Å². The lowest BCUT2D eigenvalue weighted by Gasteiger charge is -2.11. The predicted molar refractivity (Wildman–Crippen MR) is 104 cm³/mol. The number of fused-ring (bicyclic) bond motifs is 1. The highest BCUT2D eigenvalue weighted by Gasteiger charge is 2.30. The third-order valence-electron chi connectivity index (χ3n) is 3.85. The summed E-state index contributed by atoms with van der Waals surface area (Å²) in [7, 11) is 0. The van der Waals surface area contributed by atoms with Crippen LogP contribution in [0.15, 0.2) is 53.3 Å². The van der Waals surface area contributed by atoms with E-state index in [1.54, 1.807) is 30.6 Å². The molecule has 0 bridgehead atoms. The molecule has 1 aliphatic rings. The molecular weight excluding hydrogens is 425 g/mol. The van der Waals surface area contributed by atoms with Gasteiger partial charge in [-0.25, -0.2) is 4.98 Å². The second-order valence-corrected chi connectivity index (χ2v) is 7.28. The summed E-state index contributed by atoms with van der Waals surface area (Å²) >= 11 is 15.8. The van der Waals surface area contributed by atoms with Gasteiger partial charge in [0.25, 0.3) is 5.91 Å². The van der Waals surface area contributed by atoms with E-state index >= 15 is 0 Å². The van der Waals surface area contributed by atoms with Gasteiger partial charge in [-0.2, -0.15) is 0 Å². The maximum atomic E-state index is 12.7. The Morgan fingerprint density at radius 2 is 1.88 bits per heavy atom. The molecule has 7 heteroatoms. The van der Waals surface area contributed by atoms with Crippen LogP contribution < -0.4 is 5.32 Å². The fourth-order valence-electron chi connectivity index (χ4n) is 2.89. The van der Waals surface area contributed by atoms with Crippen LogP contribution >= 0.6 is 39.1 Å². The summed E-state index contributed by atoms with van der Waals surface area (Å²) in [6.45, 7) is 0. The third kappa shape index (κ3) is 2.99. The first-order valence-electron chi connectivity index (χ1n) is 7.34. The van der Waals surface area contributed by atoms with Crippen molar-refractivity contribution in [3.8, 4) is 0 Å². The molecule has 0 aliphatic carbocycles. The fourth-order valence-corrected chi connectivity index (χ4v) is 3.75. The number of aromatic amines is 1. The van der Waals surface area contributed by atoms with E-state index in [0.29, 0.717) is 27.0 Å². The van der Waals surface area contributed by atoms with Crippen LogP contribution in [0.4, 0.5) is 5.82 Å². The molecule has 2 N–H and O–H groups in total. The summed E-state index contributed by atoms with van der Waals surface area (Å²) in [5.74, 6) is 0.307. The van der Waals surface area contributed by atoms with E-state index in [-0.39, 0.29) is 5.91 Å². The van der Waals surface area contributed by atoms with Gasteiger partial charge in [-0.1, -0.05) is 23.2 Å². The van der Waals surface area contributed by atoms with Crippen LogP contribution in [0.5, 0.6) is 0 Å². The molecule has 1 aromatic carbocycles. The minimum Gasteiger partial charge on any atom is -0.361 e. The number of halogens is 3. The first kappa shape index (κ1) is 16.4. The topological polar surface area (TPSA) is 57.8 Å². The zero-order chi connectivity index (χ0) is 17.6. The molecule has 25 heavy (non-hydrogen) atoms. The van der Waals surface area contributed by atoms with Gasteiger partial charge in [0.15, 0.2) is 0 Å². The second kappa shape index (κ2) is 6.33. The first-order chi connectivity index (χ1) is 12.0. The highest BCUT2D eigenvalue weighted by molar-refractivity contribution is 9.10. The van der Waals surface area contributed by atoms with E-state index in [1.807, 2.05) is 18.2 Å². The Kier molecular flexibility index (Phi) is 4.15. The van der Waals surface area contributed by atoms with Crippen LogP contribution in [0.3, 0.4) is 0 Å². The molecule has 124 valence electrons. The monoisotopic (exact) mass is 433 g/mol. The van der Waals surface area contributed by atoms with Gasteiger partial charge >= 0.3 is 0 Å². The van der Waals surface area contributed by atoms with Gasteiger partial charge < -0.3 is 10.3 Å². The van der Waals surface area contributed by atoms with Crippen molar-refractivity contribution in [3.63, 3.8) is 0 Å². The minimum atomic E-state index is -0.221. The number of amides is 1. The lowest BCUT2D eigenvalue weighted by Crippen LogP contribution is -2.07. The zero-order valence-corrected chi connectivity index (χ0v) is 15.7. The molecule has 4 rings (SSSR count). The number of hydrogen-bond donors (Lipinski definition) is 2. The number of hydrogen-bond acceptors (Lipinski definition) is 2. The number of rotatable bonds is 2. The molecule has 0 fully saturated rings. The van der Waals surface area contributed by atoms with Gasteiger partial charge in [0.05, 0.1) is 5.57 Å². The van der Waals surface area contributed by atoms with Crippen molar-refractivity contribution >= 4 is 62.0 Å². The summed E-state index contributed by atoms with van der Waals surface area (Å²) in [6, 6.07) is 10.9. The number of pyridine rings is 1. The van der Waals surface area contributed by atoms with Gasteiger partial charge in [-0.3, -0.25) is 4.79 Å². The van der Waals surface area contributed by atoms with Crippen LogP contribution in [0, 0.1) is 0 Å². The average Bonchev–Trinajstić information content (AvgIpc) is 3.16. The number of benzene rings is 1. The Morgan fingerprint density at radius 3 is 2.56 bits per heavy atom. The Hall–Kier alpha value is -2.08. The standard InChI is InChI=1S/C18H10BrCl2N3O/c19-10-6-13-16(18(25)24-17(13)23-8-10)15(14-2-1-3-22-14)9-4-11(20)7-12(21)5-9/h1-8,22H,(H,23,24,25). The maximum absolute atomic E-state index is 12.7. The van der Waals surface area contributed by atoms with Gasteiger partial charge in [0, 0.05) is 43.7 Å². The third-order valence-corrected chi connectivity index (χ3v) is 4.72. The van der Waals surface area contributed by atoms with Crippen LogP contribution in [0.1, 0.15) is 16.8 Å². The lowest BCUT2D eigenvalue weighted by atomic mass is 9.94. The fraction of sp³-hybridized carbons (Fsp3) is 0. The normalized spacial score (nSPS) is 15.1. The zero-order valence-electron chi connectivity index (χ0n) is 12.6. The summed E-state index contributed by atoms with van der Waals surface area (Å²) in [5.41, 5.74) is 3.49. The molecule has 0 saturated heterocycles. The highest BCUT2D eigenvalue weighted by atomic mass is 79.9. The van der Waals surface area contributed by atoms with Crippen molar-refractivity contribution in [3.05, 3.63) is 80.1 Å². The maximum Gasteiger partial charge on any atom is 0.258 e. The lowest BCUT2D eigenvalue weighted by molar-refractivity contribution is -0.110. The predicted octanol–water partition coefficient (Wildman–Crippen LogP) is 5.39. The van der Waals surface area contributed by atoms with Crippen molar-refractivity contribution < 1.29 is 4.79 Å². The van der Waals surface area contributed by atoms with Gasteiger partial charge in [0.2, 0.25) is 0 Å². The highest BCUT2D eigenvalue weighted by Crippen LogP contribution is 2.40. The number of nitrogens with zero attached hydrogens (tertiary/aromatic N) is 1. The van der Waals surface area contributed by atoms with E-state index in [2.05, 4.69) is 31.2 Å². The average molecular weight is 435 g/mol. The molecule has 2 aromatic heterocycles. The Labute approximate surface area is 162 Å². The quantitative estimate of drug-likeness (QED) is 0.531. The van der Waals surface area contributed by atoms with E-state index in [4.69, 9.17) is 23.2 Å². The second-order valence-electron chi connectivity index (χ2n) is 5.50. The Balaban J connectivity index is 2.07. The van der Waals surface area contributed by atoms with E-state index < -0.39 is 0 Å². The van der Waals surface area contributed by atoms with Crippen molar-refractivity contribution in [2.45, 2.75) is 0 Å². The van der Waals surface area contributed by atoms with Crippen LogP contribution in [-0.2, 0) is 4.79 Å². The molecule has 0 spiro atoms. The molecule has 1 aliphatic heterocycles. The summed E-state index contributed by atoms with van der Waals surface area (Å²) in [5, 5.41) is 3.80. The molecule has 3 aromatic rings. The van der Waals surface area contributed by atoms with Gasteiger partial charge in [0.1, 0.15) is 5.82 Å². The van der Waals surface area contributed by atoms with Crippen molar-refractivity contribution in [2.75, 3.05) is 5.32 Å². The molecule has 3 heterocycles. The van der Waals surface area contributed by atoms with E-state index in [0.717, 1.165) is 21.3 Å². The number of nitrogens with one attached hydrogen (secondary N) is 2. The minimum absolute atomic E-state index is 0.221. The first-order valence-corrected chi connectivity index (χ1v) is 8.89. The summed E-state index contributed by atoms with van der Waals surface area (Å²) in [6.07, 6.45) is 3.45. The van der Waals surface area contributed by atoms with Crippen molar-refractivity contribution in [1.82, 2.24) is 9.97 Å². The summed E-state index contributed by atoms with van der Waals surface area (Å²) in [4.78, 5) is 20.2. The number of carbonyl (C=O) groups excluding carboxylic acids is 1.